The van der Waals surface area contributed by atoms with E-state index in [1.54, 1.807) is 0 Å². The molecule has 2 heterocycles. The van der Waals surface area contributed by atoms with Crippen molar-refractivity contribution in [3.05, 3.63) is 21.9 Å². The van der Waals surface area contributed by atoms with E-state index in [9.17, 15) is 4.79 Å². The van der Waals surface area contributed by atoms with E-state index in [2.05, 4.69) is 4.90 Å². The lowest BCUT2D eigenvalue weighted by Crippen LogP contribution is -2.35. The second-order valence-electron chi connectivity index (χ2n) is 3.32. The zero-order chi connectivity index (χ0) is 9.80. The van der Waals surface area contributed by atoms with Crippen molar-refractivity contribution in [2.75, 3.05) is 26.3 Å². The number of nitrogens with zero attached hydrogens (tertiary/aromatic N) is 1. The molecular formula is C10H13NO2S. The minimum Gasteiger partial charge on any atom is -0.379 e. The molecule has 0 aromatic carbocycles. The van der Waals surface area contributed by atoms with Crippen LogP contribution in [0.4, 0.5) is 0 Å². The van der Waals surface area contributed by atoms with E-state index in [0.29, 0.717) is 0 Å². The third-order valence-corrected chi connectivity index (χ3v) is 3.27. The minimum absolute atomic E-state index is 0.806. The van der Waals surface area contributed by atoms with Gasteiger partial charge in [-0.05, 0) is 17.0 Å². The normalized spacial score (nSPS) is 18.3. The largest absolute Gasteiger partial charge is 0.379 e. The topological polar surface area (TPSA) is 29.5 Å². The minimum atomic E-state index is 0.806. The highest BCUT2D eigenvalue weighted by Gasteiger charge is 2.12. The summed E-state index contributed by atoms with van der Waals surface area (Å²) in [5, 5.41) is 1.97. The molecule has 4 heteroatoms. The molecule has 1 aromatic heterocycles. The fourth-order valence-corrected chi connectivity index (χ4v) is 2.30. The quantitative estimate of drug-likeness (QED) is 0.708. The summed E-state index contributed by atoms with van der Waals surface area (Å²) in [6, 6.07) is 2.03. The fraction of sp³-hybridized carbons (Fsp3) is 0.500. The highest BCUT2D eigenvalue weighted by molar-refractivity contribution is 7.11. The van der Waals surface area contributed by atoms with Crippen LogP contribution >= 0.6 is 11.3 Å². The van der Waals surface area contributed by atoms with Crippen molar-refractivity contribution in [2.45, 2.75) is 6.54 Å². The highest BCUT2D eigenvalue weighted by atomic mass is 32.1. The Morgan fingerprint density at radius 2 is 2.29 bits per heavy atom. The number of carbonyl (C=O) groups is 1. The van der Waals surface area contributed by atoms with E-state index in [-0.39, 0.29) is 0 Å². The Hall–Kier alpha value is -0.710. The van der Waals surface area contributed by atoms with Crippen LogP contribution in [0.1, 0.15) is 15.2 Å². The highest BCUT2D eigenvalue weighted by Crippen LogP contribution is 2.16. The van der Waals surface area contributed by atoms with E-state index in [0.717, 1.165) is 49.6 Å². The molecule has 0 radical (unpaired) electrons. The lowest BCUT2D eigenvalue weighted by molar-refractivity contribution is 0.0342. The van der Waals surface area contributed by atoms with Gasteiger partial charge in [0.1, 0.15) is 0 Å². The average molecular weight is 211 g/mol. The maximum absolute atomic E-state index is 10.7. The average Bonchev–Trinajstić information content (AvgIpc) is 2.67. The second-order valence-corrected chi connectivity index (χ2v) is 4.26. The van der Waals surface area contributed by atoms with E-state index in [1.807, 2.05) is 11.4 Å². The summed E-state index contributed by atoms with van der Waals surface area (Å²) in [6.07, 6.45) is 0.945. The van der Waals surface area contributed by atoms with Gasteiger partial charge in [-0.2, -0.15) is 0 Å². The first kappa shape index (κ1) is 9.83. The lowest BCUT2D eigenvalue weighted by atomic mass is 10.2. The van der Waals surface area contributed by atoms with E-state index < -0.39 is 0 Å². The second kappa shape index (κ2) is 4.68. The number of hydrogen-bond acceptors (Lipinski definition) is 4. The first-order valence-electron chi connectivity index (χ1n) is 4.72. The van der Waals surface area contributed by atoms with E-state index in [1.165, 1.54) is 11.3 Å². The molecule has 0 N–H and O–H groups in total. The summed E-state index contributed by atoms with van der Waals surface area (Å²) in [5.74, 6) is 0. The number of carbonyl (C=O) groups excluding carboxylic acids is 1. The summed E-state index contributed by atoms with van der Waals surface area (Å²) >= 11 is 1.51. The van der Waals surface area contributed by atoms with Crippen LogP contribution in [-0.2, 0) is 11.3 Å². The van der Waals surface area contributed by atoms with Crippen LogP contribution in [0.2, 0.25) is 0 Å². The third kappa shape index (κ3) is 2.20. The first-order valence-corrected chi connectivity index (χ1v) is 5.60. The molecule has 0 atom stereocenters. The monoisotopic (exact) mass is 211 g/mol. The van der Waals surface area contributed by atoms with Crippen molar-refractivity contribution in [2.24, 2.45) is 0 Å². The molecule has 1 aliphatic heterocycles. The molecule has 0 aliphatic carbocycles. The zero-order valence-corrected chi connectivity index (χ0v) is 8.76. The molecule has 1 fully saturated rings. The van der Waals surface area contributed by atoms with Crippen LogP contribution in [0.3, 0.4) is 0 Å². The van der Waals surface area contributed by atoms with Gasteiger partial charge in [-0.3, -0.25) is 9.69 Å². The van der Waals surface area contributed by atoms with Gasteiger partial charge in [-0.1, -0.05) is 0 Å². The first-order chi connectivity index (χ1) is 6.90. The van der Waals surface area contributed by atoms with Crippen LogP contribution in [0.5, 0.6) is 0 Å². The van der Waals surface area contributed by atoms with Crippen LogP contribution in [0, 0.1) is 0 Å². The molecule has 1 saturated heterocycles. The van der Waals surface area contributed by atoms with Crippen molar-refractivity contribution in [1.82, 2.24) is 4.90 Å². The smallest absolute Gasteiger partial charge is 0.160 e. The van der Waals surface area contributed by atoms with Crippen molar-refractivity contribution >= 4 is 17.6 Å². The Morgan fingerprint density at radius 1 is 1.50 bits per heavy atom. The molecule has 1 aromatic rings. The predicted octanol–water partition coefficient (Wildman–Crippen LogP) is 1.39. The van der Waals surface area contributed by atoms with Gasteiger partial charge in [0.2, 0.25) is 0 Å². The molecule has 76 valence electrons. The van der Waals surface area contributed by atoms with Crippen LogP contribution in [0.25, 0.3) is 0 Å². The molecule has 2 rings (SSSR count). The Kier molecular flexibility index (Phi) is 3.29. The summed E-state index contributed by atoms with van der Waals surface area (Å²) in [4.78, 5) is 13.9. The molecule has 3 nitrogen and oxygen atoms in total. The fourth-order valence-electron chi connectivity index (χ4n) is 1.58. The third-order valence-electron chi connectivity index (χ3n) is 2.39. The SMILES string of the molecule is O=Cc1sccc1CN1CCOCC1. The Labute approximate surface area is 87.3 Å². The van der Waals surface area contributed by atoms with Crippen molar-refractivity contribution in [1.29, 1.82) is 0 Å². The van der Waals surface area contributed by atoms with E-state index in [4.69, 9.17) is 4.74 Å². The molecular weight excluding hydrogens is 198 g/mol. The number of aldehydes is 1. The maximum atomic E-state index is 10.7. The van der Waals surface area contributed by atoms with Crippen molar-refractivity contribution < 1.29 is 9.53 Å². The van der Waals surface area contributed by atoms with Gasteiger partial charge >= 0.3 is 0 Å². The number of hydrogen-bond donors (Lipinski definition) is 0. The Balaban J connectivity index is 1.98. The molecule has 1 aliphatic rings. The maximum Gasteiger partial charge on any atom is 0.160 e. The number of thiophene rings is 1. The number of morpholine rings is 1. The van der Waals surface area contributed by atoms with Gasteiger partial charge < -0.3 is 4.74 Å². The van der Waals surface area contributed by atoms with Gasteiger partial charge in [-0.15, -0.1) is 11.3 Å². The summed E-state index contributed by atoms with van der Waals surface area (Å²) in [5.41, 5.74) is 1.15. The summed E-state index contributed by atoms with van der Waals surface area (Å²) in [6.45, 7) is 4.42. The van der Waals surface area contributed by atoms with Crippen LogP contribution < -0.4 is 0 Å². The van der Waals surface area contributed by atoms with Crippen molar-refractivity contribution in [3.63, 3.8) is 0 Å². The molecule has 0 bridgehead atoms. The van der Waals surface area contributed by atoms with Crippen molar-refractivity contribution in [3.8, 4) is 0 Å². The van der Waals surface area contributed by atoms with Crippen LogP contribution in [-0.4, -0.2) is 37.5 Å². The van der Waals surface area contributed by atoms with E-state index >= 15 is 0 Å². The lowest BCUT2D eigenvalue weighted by Gasteiger charge is -2.26. The number of ether oxygens (including phenoxy) is 1. The van der Waals surface area contributed by atoms with Gasteiger partial charge in [0.15, 0.2) is 6.29 Å². The summed E-state index contributed by atoms with van der Waals surface area (Å²) in [7, 11) is 0. The summed E-state index contributed by atoms with van der Waals surface area (Å²) < 4.78 is 5.27. The molecule has 0 amide bonds. The molecule has 0 saturated carbocycles. The van der Waals surface area contributed by atoms with Gasteiger partial charge in [0.05, 0.1) is 18.1 Å². The van der Waals surface area contributed by atoms with Crippen LogP contribution in [0.15, 0.2) is 11.4 Å². The van der Waals surface area contributed by atoms with Gasteiger partial charge in [0, 0.05) is 19.6 Å². The standard InChI is InChI=1S/C10H13NO2S/c12-8-10-9(1-6-14-10)7-11-2-4-13-5-3-11/h1,6,8H,2-5,7H2. The molecule has 0 spiro atoms. The van der Waals surface area contributed by atoms with Gasteiger partial charge in [-0.25, -0.2) is 0 Å². The van der Waals surface area contributed by atoms with Gasteiger partial charge in [0.25, 0.3) is 0 Å². The predicted molar refractivity (Wildman–Crippen MR) is 55.8 cm³/mol. The molecule has 0 unspecified atom stereocenters. The molecule has 14 heavy (non-hydrogen) atoms. The Morgan fingerprint density at radius 3 is 3.00 bits per heavy atom. The number of rotatable bonds is 3. The zero-order valence-electron chi connectivity index (χ0n) is 7.94. The Bertz CT molecular complexity index is 305.